The maximum Gasteiger partial charge on any atom is 0.287 e. The number of anilines is 1. The van der Waals surface area contributed by atoms with Crippen LogP contribution in [0.15, 0.2) is 30.5 Å². The van der Waals surface area contributed by atoms with E-state index in [4.69, 9.17) is 9.47 Å². The third-order valence-corrected chi connectivity index (χ3v) is 3.54. The molecule has 2 aromatic rings. The van der Waals surface area contributed by atoms with E-state index < -0.39 is 4.92 Å². The first-order valence-electron chi connectivity index (χ1n) is 7.05. The normalized spacial score (nSPS) is 11.7. The van der Waals surface area contributed by atoms with Crippen LogP contribution in [0.25, 0.3) is 0 Å². The summed E-state index contributed by atoms with van der Waals surface area (Å²) in [4.78, 5) is 14.4. The highest BCUT2D eigenvalue weighted by atomic mass is 16.6. The number of rotatable bonds is 6. The quantitative estimate of drug-likeness (QED) is 0.648. The van der Waals surface area contributed by atoms with Crippen molar-refractivity contribution in [1.29, 1.82) is 0 Å². The van der Waals surface area contributed by atoms with E-state index in [0.717, 1.165) is 5.56 Å². The van der Waals surface area contributed by atoms with Crippen molar-refractivity contribution in [3.8, 4) is 11.5 Å². The lowest BCUT2D eigenvalue weighted by atomic mass is 10.1. The van der Waals surface area contributed by atoms with Gasteiger partial charge in [0.2, 0.25) is 0 Å². The summed E-state index contributed by atoms with van der Waals surface area (Å²) < 4.78 is 10.5. The predicted octanol–water partition coefficient (Wildman–Crippen LogP) is 3.49. The second kappa shape index (κ2) is 6.95. The number of nitrogens with one attached hydrogen (secondary N) is 1. The summed E-state index contributed by atoms with van der Waals surface area (Å²) in [6, 6.07) is 7.10. The molecule has 0 spiro atoms. The molecule has 122 valence electrons. The number of aryl methyl sites for hydroxylation is 1. The number of methoxy groups -OCH3 is 2. The van der Waals surface area contributed by atoms with Gasteiger partial charge in [0, 0.05) is 6.07 Å². The summed E-state index contributed by atoms with van der Waals surface area (Å²) in [5.41, 5.74) is 1.68. The van der Waals surface area contributed by atoms with E-state index in [0.29, 0.717) is 22.9 Å². The fraction of sp³-hybridized carbons (Fsp3) is 0.312. The van der Waals surface area contributed by atoms with Crippen LogP contribution in [-0.4, -0.2) is 24.1 Å². The van der Waals surface area contributed by atoms with Gasteiger partial charge >= 0.3 is 0 Å². The lowest BCUT2D eigenvalue weighted by molar-refractivity contribution is -0.385. The number of benzene rings is 1. The fourth-order valence-corrected chi connectivity index (χ4v) is 2.22. The van der Waals surface area contributed by atoms with Crippen LogP contribution in [0.5, 0.6) is 11.5 Å². The fourth-order valence-electron chi connectivity index (χ4n) is 2.22. The maximum atomic E-state index is 10.8. The topological polar surface area (TPSA) is 86.5 Å². The Labute approximate surface area is 134 Å². The molecule has 0 fully saturated rings. The smallest absolute Gasteiger partial charge is 0.287 e. The number of aromatic nitrogens is 1. The molecule has 0 aliphatic heterocycles. The molecule has 7 nitrogen and oxygen atoms in total. The molecule has 23 heavy (non-hydrogen) atoms. The summed E-state index contributed by atoms with van der Waals surface area (Å²) in [6.45, 7) is 3.76. The van der Waals surface area contributed by atoms with Gasteiger partial charge in [-0.15, -0.1) is 0 Å². The van der Waals surface area contributed by atoms with Gasteiger partial charge in [0.1, 0.15) is 12.0 Å². The number of ether oxygens (including phenoxy) is 2. The molecule has 1 atom stereocenters. The van der Waals surface area contributed by atoms with Crippen LogP contribution in [0.2, 0.25) is 0 Å². The van der Waals surface area contributed by atoms with Crippen LogP contribution < -0.4 is 14.8 Å². The zero-order valence-electron chi connectivity index (χ0n) is 13.5. The summed E-state index contributed by atoms with van der Waals surface area (Å²) >= 11 is 0. The third-order valence-electron chi connectivity index (χ3n) is 3.54. The van der Waals surface area contributed by atoms with Crippen molar-refractivity contribution >= 4 is 11.5 Å². The first-order chi connectivity index (χ1) is 11.0. The summed E-state index contributed by atoms with van der Waals surface area (Å²) in [5.74, 6) is 1.91. The molecule has 1 aromatic carbocycles. The molecule has 1 unspecified atom stereocenters. The minimum absolute atomic E-state index is 0.0215. The van der Waals surface area contributed by atoms with E-state index in [1.54, 1.807) is 21.1 Å². The van der Waals surface area contributed by atoms with Crippen LogP contribution in [0.3, 0.4) is 0 Å². The van der Waals surface area contributed by atoms with Crippen molar-refractivity contribution in [2.24, 2.45) is 0 Å². The second-order valence-electron chi connectivity index (χ2n) is 5.10. The molecule has 2 rings (SSSR count). The summed E-state index contributed by atoms with van der Waals surface area (Å²) in [6.07, 6.45) is 1.25. The van der Waals surface area contributed by atoms with Gasteiger partial charge in [0.25, 0.3) is 5.69 Å². The zero-order valence-corrected chi connectivity index (χ0v) is 13.5. The van der Waals surface area contributed by atoms with Crippen molar-refractivity contribution < 1.29 is 14.4 Å². The standard InChI is InChI=1S/C16H19N3O4/c1-10-7-13(19(20)21)9-17-16(10)18-11(2)12-5-6-14(22-3)15(8-12)23-4/h5-9,11H,1-4H3,(H,17,18). The van der Waals surface area contributed by atoms with Gasteiger partial charge in [-0.2, -0.15) is 0 Å². The zero-order chi connectivity index (χ0) is 17.0. The van der Waals surface area contributed by atoms with Crippen LogP contribution in [0, 0.1) is 17.0 Å². The molecule has 0 saturated carbocycles. The Balaban J connectivity index is 2.22. The molecule has 0 aliphatic carbocycles. The Kier molecular flexibility index (Phi) is 5.00. The van der Waals surface area contributed by atoms with Gasteiger partial charge in [0.15, 0.2) is 11.5 Å². The summed E-state index contributed by atoms with van der Waals surface area (Å²) in [7, 11) is 3.17. The Hall–Kier alpha value is -2.83. The average molecular weight is 317 g/mol. The highest BCUT2D eigenvalue weighted by molar-refractivity contribution is 5.51. The largest absolute Gasteiger partial charge is 0.493 e. The van der Waals surface area contributed by atoms with E-state index in [2.05, 4.69) is 10.3 Å². The van der Waals surface area contributed by atoms with Crippen LogP contribution in [0.1, 0.15) is 24.1 Å². The maximum absolute atomic E-state index is 10.8. The molecule has 0 amide bonds. The van der Waals surface area contributed by atoms with Crippen molar-refractivity contribution in [3.05, 3.63) is 51.7 Å². The van der Waals surface area contributed by atoms with Gasteiger partial charge in [-0.1, -0.05) is 6.07 Å². The van der Waals surface area contributed by atoms with Crippen molar-refractivity contribution in [3.63, 3.8) is 0 Å². The molecule has 0 bridgehead atoms. The number of nitrogens with zero attached hydrogens (tertiary/aromatic N) is 2. The highest BCUT2D eigenvalue weighted by Crippen LogP contribution is 2.31. The van der Waals surface area contributed by atoms with E-state index in [1.807, 2.05) is 25.1 Å². The lowest BCUT2D eigenvalue weighted by Gasteiger charge is -2.18. The van der Waals surface area contributed by atoms with Gasteiger partial charge in [0.05, 0.1) is 25.2 Å². The molecular weight excluding hydrogens is 298 g/mol. The molecule has 0 aliphatic rings. The average Bonchev–Trinajstić information content (AvgIpc) is 2.55. The number of hydrogen-bond acceptors (Lipinski definition) is 6. The molecule has 1 N–H and O–H groups in total. The molecule has 0 saturated heterocycles. The van der Waals surface area contributed by atoms with E-state index >= 15 is 0 Å². The monoisotopic (exact) mass is 317 g/mol. The van der Waals surface area contributed by atoms with Crippen LogP contribution in [0.4, 0.5) is 11.5 Å². The van der Waals surface area contributed by atoms with Gasteiger partial charge in [-0.05, 0) is 37.1 Å². The predicted molar refractivity (Wildman–Crippen MR) is 87.2 cm³/mol. The van der Waals surface area contributed by atoms with Gasteiger partial charge in [-0.25, -0.2) is 4.98 Å². The first kappa shape index (κ1) is 16.5. The van der Waals surface area contributed by atoms with Crippen molar-refractivity contribution in [2.45, 2.75) is 19.9 Å². The first-order valence-corrected chi connectivity index (χ1v) is 7.05. The number of nitro groups is 1. The van der Waals surface area contributed by atoms with Crippen LogP contribution >= 0.6 is 0 Å². The minimum atomic E-state index is -0.457. The molecular formula is C16H19N3O4. The van der Waals surface area contributed by atoms with E-state index in [9.17, 15) is 10.1 Å². The second-order valence-corrected chi connectivity index (χ2v) is 5.10. The van der Waals surface area contributed by atoms with E-state index in [-0.39, 0.29) is 11.7 Å². The molecule has 0 radical (unpaired) electrons. The molecule has 7 heteroatoms. The Morgan fingerprint density at radius 2 is 1.91 bits per heavy atom. The van der Waals surface area contributed by atoms with Crippen molar-refractivity contribution in [2.75, 3.05) is 19.5 Å². The van der Waals surface area contributed by atoms with Crippen LogP contribution in [-0.2, 0) is 0 Å². The van der Waals surface area contributed by atoms with Gasteiger partial charge < -0.3 is 14.8 Å². The molecule has 1 heterocycles. The summed E-state index contributed by atoms with van der Waals surface area (Å²) in [5, 5.41) is 14.0. The Morgan fingerprint density at radius 1 is 1.22 bits per heavy atom. The Bertz CT molecular complexity index is 718. The highest BCUT2D eigenvalue weighted by Gasteiger charge is 2.14. The van der Waals surface area contributed by atoms with Crippen molar-refractivity contribution in [1.82, 2.24) is 4.98 Å². The third kappa shape index (κ3) is 3.68. The number of pyridine rings is 1. The van der Waals surface area contributed by atoms with Gasteiger partial charge in [-0.3, -0.25) is 10.1 Å². The Morgan fingerprint density at radius 3 is 2.48 bits per heavy atom. The SMILES string of the molecule is COc1ccc(C(C)Nc2ncc([N+](=O)[O-])cc2C)cc1OC. The number of hydrogen-bond donors (Lipinski definition) is 1. The van der Waals surface area contributed by atoms with E-state index in [1.165, 1.54) is 12.3 Å². The lowest BCUT2D eigenvalue weighted by Crippen LogP contribution is -2.09. The molecule has 1 aromatic heterocycles. The minimum Gasteiger partial charge on any atom is -0.493 e.